The van der Waals surface area contributed by atoms with E-state index in [0.717, 1.165) is 64.2 Å². The number of piperidine rings is 1. The Kier molecular flexibility index (Phi) is 7.73. The number of nitriles is 2. The van der Waals surface area contributed by atoms with E-state index in [1.165, 1.54) is 12.8 Å². The SMILES string of the molecule is N#Cc1cccc(CN2CCC(N(CCN3CCCC3)C(=O)c3cccc(C#N)c3)CC2)c1. The van der Waals surface area contributed by atoms with Crippen LogP contribution in [0.4, 0.5) is 0 Å². The molecular weight excluding hydrogens is 410 g/mol. The minimum Gasteiger partial charge on any atom is -0.334 e. The quantitative estimate of drug-likeness (QED) is 0.656. The van der Waals surface area contributed by atoms with Gasteiger partial charge in [-0.05, 0) is 74.7 Å². The van der Waals surface area contributed by atoms with Crippen LogP contribution < -0.4 is 0 Å². The molecule has 0 spiro atoms. The largest absolute Gasteiger partial charge is 0.334 e. The van der Waals surface area contributed by atoms with Crippen molar-refractivity contribution in [3.05, 3.63) is 70.8 Å². The van der Waals surface area contributed by atoms with Gasteiger partial charge in [-0.3, -0.25) is 9.69 Å². The Labute approximate surface area is 196 Å². The molecule has 2 aromatic rings. The molecule has 0 bridgehead atoms. The summed E-state index contributed by atoms with van der Waals surface area (Å²) in [4.78, 5) is 20.4. The summed E-state index contributed by atoms with van der Waals surface area (Å²) in [5.41, 5.74) is 2.98. The molecule has 0 saturated carbocycles. The Hall–Kier alpha value is -3.19. The summed E-state index contributed by atoms with van der Waals surface area (Å²) in [5.74, 6) is 0.0338. The number of likely N-dealkylation sites (tertiary alicyclic amines) is 2. The van der Waals surface area contributed by atoms with Gasteiger partial charge in [0.2, 0.25) is 0 Å². The second kappa shape index (κ2) is 11.1. The average Bonchev–Trinajstić information content (AvgIpc) is 3.39. The van der Waals surface area contributed by atoms with Gasteiger partial charge in [0.25, 0.3) is 5.91 Å². The summed E-state index contributed by atoms with van der Waals surface area (Å²) in [6, 6.07) is 19.4. The smallest absolute Gasteiger partial charge is 0.254 e. The van der Waals surface area contributed by atoms with Crippen molar-refractivity contribution < 1.29 is 4.79 Å². The monoisotopic (exact) mass is 441 g/mol. The van der Waals surface area contributed by atoms with E-state index in [9.17, 15) is 10.1 Å². The molecule has 6 nitrogen and oxygen atoms in total. The topological polar surface area (TPSA) is 74.4 Å². The zero-order valence-electron chi connectivity index (χ0n) is 19.1. The molecule has 0 radical (unpaired) electrons. The molecule has 2 heterocycles. The fourth-order valence-electron chi connectivity index (χ4n) is 4.98. The number of benzene rings is 2. The maximum Gasteiger partial charge on any atom is 0.254 e. The highest BCUT2D eigenvalue weighted by Gasteiger charge is 2.29. The minimum absolute atomic E-state index is 0.0338. The molecule has 2 saturated heterocycles. The van der Waals surface area contributed by atoms with E-state index in [1.807, 2.05) is 24.3 Å². The van der Waals surface area contributed by atoms with E-state index >= 15 is 0 Å². The van der Waals surface area contributed by atoms with E-state index in [0.29, 0.717) is 16.7 Å². The Bertz CT molecular complexity index is 1040. The van der Waals surface area contributed by atoms with Gasteiger partial charge in [0.15, 0.2) is 0 Å². The fourth-order valence-corrected chi connectivity index (χ4v) is 4.98. The molecule has 0 unspecified atom stereocenters. The number of hydrogen-bond donors (Lipinski definition) is 0. The Morgan fingerprint density at radius 3 is 2.27 bits per heavy atom. The van der Waals surface area contributed by atoms with Crippen LogP contribution in [0.5, 0.6) is 0 Å². The lowest BCUT2D eigenvalue weighted by Crippen LogP contribution is -2.49. The van der Waals surface area contributed by atoms with Crippen molar-refractivity contribution in [1.29, 1.82) is 10.5 Å². The molecular formula is C27H31N5O. The summed E-state index contributed by atoms with van der Waals surface area (Å²) in [5, 5.41) is 18.4. The second-order valence-corrected chi connectivity index (χ2v) is 9.06. The Balaban J connectivity index is 1.42. The molecule has 0 atom stereocenters. The van der Waals surface area contributed by atoms with E-state index in [1.54, 1.807) is 18.2 Å². The van der Waals surface area contributed by atoms with Crippen LogP contribution in [-0.4, -0.2) is 65.9 Å². The minimum atomic E-state index is 0.0338. The normalized spacial score (nSPS) is 17.4. The van der Waals surface area contributed by atoms with Crippen molar-refractivity contribution in [2.75, 3.05) is 39.3 Å². The van der Waals surface area contributed by atoms with Crippen molar-refractivity contribution >= 4 is 5.91 Å². The lowest BCUT2D eigenvalue weighted by molar-refractivity contribution is 0.0541. The van der Waals surface area contributed by atoms with E-state index < -0.39 is 0 Å². The highest BCUT2D eigenvalue weighted by Crippen LogP contribution is 2.22. The average molecular weight is 442 g/mol. The third kappa shape index (κ3) is 5.99. The van der Waals surface area contributed by atoms with Crippen LogP contribution in [0.15, 0.2) is 48.5 Å². The maximum atomic E-state index is 13.5. The number of nitrogens with zero attached hydrogens (tertiary/aromatic N) is 5. The molecule has 2 aliphatic rings. The summed E-state index contributed by atoms with van der Waals surface area (Å²) in [6.07, 6.45) is 4.34. The third-order valence-corrected chi connectivity index (χ3v) is 6.82. The number of hydrogen-bond acceptors (Lipinski definition) is 5. The predicted octanol–water partition coefficient (Wildman–Crippen LogP) is 3.63. The number of carbonyl (C=O) groups is 1. The molecule has 0 aromatic heterocycles. The Morgan fingerprint density at radius 1 is 0.909 bits per heavy atom. The summed E-state index contributed by atoms with van der Waals surface area (Å²) in [6.45, 7) is 6.54. The Morgan fingerprint density at radius 2 is 1.58 bits per heavy atom. The van der Waals surface area contributed by atoms with Crippen molar-refractivity contribution in [1.82, 2.24) is 14.7 Å². The summed E-state index contributed by atoms with van der Waals surface area (Å²) in [7, 11) is 0. The van der Waals surface area contributed by atoms with Gasteiger partial charge in [-0.2, -0.15) is 10.5 Å². The van der Waals surface area contributed by atoms with Gasteiger partial charge in [0.1, 0.15) is 0 Å². The third-order valence-electron chi connectivity index (χ3n) is 6.82. The first-order valence-corrected chi connectivity index (χ1v) is 11.9. The van der Waals surface area contributed by atoms with Crippen LogP contribution in [-0.2, 0) is 6.54 Å². The number of amides is 1. The van der Waals surface area contributed by atoms with Crippen molar-refractivity contribution in [3.63, 3.8) is 0 Å². The highest BCUT2D eigenvalue weighted by atomic mass is 16.2. The second-order valence-electron chi connectivity index (χ2n) is 9.06. The predicted molar refractivity (Wildman–Crippen MR) is 127 cm³/mol. The molecule has 33 heavy (non-hydrogen) atoms. The first-order chi connectivity index (χ1) is 16.2. The first kappa shape index (κ1) is 23.0. The van der Waals surface area contributed by atoms with Crippen LogP contribution in [0.3, 0.4) is 0 Å². The molecule has 2 aliphatic heterocycles. The molecule has 170 valence electrons. The van der Waals surface area contributed by atoms with Gasteiger partial charge < -0.3 is 9.80 Å². The van der Waals surface area contributed by atoms with E-state index in [-0.39, 0.29) is 11.9 Å². The van der Waals surface area contributed by atoms with Gasteiger partial charge in [-0.25, -0.2) is 0 Å². The molecule has 0 aliphatic carbocycles. The molecule has 1 amide bonds. The van der Waals surface area contributed by atoms with Crippen LogP contribution in [0.25, 0.3) is 0 Å². The fraction of sp³-hybridized carbons (Fsp3) is 0.444. The zero-order chi connectivity index (χ0) is 23.0. The lowest BCUT2D eigenvalue weighted by atomic mass is 10.0. The van der Waals surface area contributed by atoms with Gasteiger partial charge in [-0.1, -0.05) is 18.2 Å². The highest BCUT2D eigenvalue weighted by molar-refractivity contribution is 5.94. The van der Waals surface area contributed by atoms with Crippen molar-refractivity contribution in [3.8, 4) is 12.1 Å². The van der Waals surface area contributed by atoms with Gasteiger partial charge in [0.05, 0.1) is 23.3 Å². The molecule has 4 rings (SSSR count). The molecule has 6 heteroatoms. The van der Waals surface area contributed by atoms with E-state index in [4.69, 9.17) is 5.26 Å². The lowest BCUT2D eigenvalue weighted by Gasteiger charge is -2.39. The summed E-state index contributed by atoms with van der Waals surface area (Å²) < 4.78 is 0. The number of carbonyl (C=O) groups excluding carboxylic acids is 1. The van der Waals surface area contributed by atoms with Crippen molar-refractivity contribution in [2.24, 2.45) is 0 Å². The van der Waals surface area contributed by atoms with Crippen LogP contribution in [0.1, 0.15) is 52.7 Å². The van der Waals surface area contributed by atoms with Crippen molar-refractivity contribution in [2.45, 2.75) is 38.3 Å². The van der Waals surface area contributed by atoms with Crippen LogP contribution in [0, 0.1) is 22.7 Å². The van der Waals surface area contributed by atoms with Crippen LogP contribution >= 0.6 is 0 Å². The number of rotatable bonds is 7. The van der Waals surface area contributed by atoms with Gasteiger partial charge in [0, 0.05) is 44.3 Å². The summed E-state index contributed by atoms with van der Waals surface area (Å²) >= 11 is 0. The first-order valence-electron chi connectivity index (χ1n) is 11.9. The van der Waals surface area contributed by atoms with Gasteiger partial charge >= 0.3 is 0 Å². The zero-order valence-corrected chi connectivity index (χ0v) is 19.1. The van der Waals surface area contributed by atoms with Crippen LogP contribution in [0.2, 0.25) is 0 Å². The van der Waals surface area contributed by atoms with E-state index in [2.05, 4.69) is 32.9 Å². The maximum absolute atomic E-state index is 13.5. The molecule has 0 N–H and O–H groups in total. The standard InChI is InChI=1S/C27H31N5O/c28-19-22-5-3-7-24(17-22)21-31-13-9-26(10-14-31)32(16-15-30-11-1-2-12-30)27(33)25-8-4-6-23(18-25)20-29/h3-8,17-18,26H,1-2,9-16,21H2. The molecule has 2 aromatic carbocycles. The van der Waals surface area contributed by atoms with Gasteiger partial charge in [-0.15, -0.1) is 0 Å². The molecule has 2 fully saturated rings.